The lowest BCUT2D eigenvalue weighted by atomic mass is 10.1. The van der Waals surface area contributed by atoms with Gasteiger partial charge >= 0.3 is 0 Å². The molecule has 4 heteroatoms. The number of ether oxygens (including phenoxy) is 1. The highest BCUT2D eigenvalue weighted by Crippen LogP contribution is 2.26. The topological polar surface area (TPSA) is 24.5 Å². The number of rotatable bonds is 4. The summed E-state index contributed by atoms with van der Waals surface area (Å²) in [5.74, 6) is -0.176. The number of anilines is 1. The Hall–Kier alpha value is -1.13. The zero-order chi connectivity index (χ0) is 13.0. The molecule has 0 spiro atoms. The van der Waals surface area contributed by atoms with Crippen LogP contribution in [0.15, 0.2) is 18.2 Å². The molecule has 0 radical (unpaired) electrons. The van der Waals surface area contributed by atoms with E-state index in [0.29, 0.717) is 12.6 Å². The molecule has 100 valence electrons. The molecule has 1 aliphatic heterocycles. The van der Waals surface area contributed by atoms with Crippen LogP contribution in [0.3, 0.4) is 0 Å². The predicted octanol–water partition coefficient (Wildman–Crippen LogP) is 2.16. The van der Waals surface area contributed by atoms with Gasteiger partial charge in [0.2, 0.25) is 0 Å². The standard InChI is InChI=1S/C14H21FN2O/c1-3-13-10-18-7-6-17(13)14-5-4-12(15)8-11(14)9-16-2/h4-5,8,13,16H,3,6-7,9-10H2,1-2H3. The summed E-state index contributed by atoms with van der Waals surface area (Å²) in [6.45, 7) is 5.22. The second-order valence-electron chi connectivity index (χ2n) is 4.63. The second-order valence-corrected chi connectivity index (χ2v) is 4.63. The molecule has 1 fully saturated rings. The van der Waals surface area contributed by atoms with Crippen LogP contribution >= 0.6 is 0 Å². The van der Waals surface area contributed by atoms with E-state index < -0.39 is 0 Å². The Morgan fingerprint density at radius 2 is 2.33 bits per heavy atom. The zero-order valence-corrected chi connectivity index (χ0v) is 11.1. The largest absolute Gasteiger partial charge is 0.377 e. The molecule has 3 nitrogen and oxygen atoms in total. The van der Waals surface area contributed by atoms with E-state index in [1.165, 1.54) is 6.07 Å². The second kappa shape index (κ2) is 6.16. The van der Waals surface area contributed by atoms with E-state index in [1.807, 2.05) is 13.1 Å². The van der Waals surface area contributed by atoms with Gasteiger partial charge in [-0.3, -0.25) is 0 Å². The molecule has 1 aromatic carbocycles. The fraction of sp³-hybridized carbons (Fsp3) is 0.571. The van der Waals surface area contributed by atoms with Crippen molar-refractivity contribution in [2.24, 2.45) is 0 Å². The minimum Gasteiger partial charge on any atom is -0.377 e. The molecule has 1 aliphatic rings. The summed E-state index contributed by atoms with van der Waals surface area (Å²) in [5, 5.41) is 3.10. The molecule has 1 saturated heterocycles. The molecule has 0 aliphatic carbocycles. The van der Waals surface area contributed by atoms with Gasteiger partial charge in [-0.2, -0.15) is 0 Å². The van der Waals surface area contributed by atoms with Gasteiger partial charge in [0, 0.05) is 18.8 Å². The van der Waals surface area contributed by atoms with Crippen LogP contribution in [0.1, 0.15) is 18.9 Å². The van der Waals surface area contributed by atoms with Gasteiger partial charge in [0.25, 0.3) is 0 Å². The molecule has 1 unspecified atom stereocenters. The summed E-state index contributed by atoms with van der Waals surface area (Å²) in [4.78, 5) is 2.34. The lowest BCUT2D eigenvalue weighted by molar-refractivity contribution is 0.0929. The van der Waals surface area contributed by atoms with Gasteiger partial charge < -0.3 is 15.0 Å². The number of nitrogens with zero attached hydrogens (tertiary/aromatic N) is 1. The van der Waals surface area contributed by atoms with Crippen LogP contribution < -0.4 is 10.2 Å². The van der Waals surface area contributed by atoms with E-state index in [1.54, 1.807) is 6.07 Å². The van der Waals surface area contributed by atoms with Crippen molar-refractivity contribution in [3.8, 4) is 0 Å². The Balaban J connectivity index is 2.29. The van der Waals surface area contributed by atoms with Crippen molar-refractivity contribution in [3.63, 3.8) is 0 Å². The molecule has 0 bridgehead atoms. The van der Waals surface area contributed by atoms with Gasteiger partial charge in [-0.1, -0.05) is 6.92 Å². The lowest BCUT2D eigenvalue weighted by Crippen LogP contribution is -2.45. The van der Waals surface area contributed by atoms with Gasteiger partial charge in [0.1, 0.15) is 5.82 Å². The third-order valence-electron chi connectivity index (χ3n) is 3.42. The maximum Gasteiger partial charge on any atom is 0.123 e. The molecule has 1 N–H and O–H groups in total. The van der Waals surface area contributed by atoms with E-state index in [9.17, 15) is 4.39 Å². The van der Waals surface area contributed by atoms with Gasteiger partial charge in [0.05, 0.1) is 19.3 Å². The van der Waals surface area contributed by atoms with Crippen LogP contribution in [0.2, 0.25) is 0 Å². The highest BCUT2D eigenvalue weighted by Gasteiger charge is 2.23. The van der Waals surface area contributed by atoms with Crippen LogP contribution in [0, 0.1) is 5.82 Å². The quantitative estimate of drug-likeness (QED) is 0.888. The first kappa shape index (κ1) is 13.3. The van der Waals surface area contributed by atoms with E-state index in [4.69, 9.17) is 4.74 Å². The van der Waals surface area contributed by atoms with Gasteiger partial charge in [0.15, 0.2) is 0 Å². The van der Waals surface area contributed by atoms with Crippen LogP contribution in [0.4, 0.5) is 10.1 Å². The average Bonchev–Trinajstić information content (AvgIpc) is 2.39. The Kier molecular flexibility index (Phi) is 4.55. The Bertz CT molecular complexity index is 397. The Labute approximate surface area is 108 Å². The number of benzene rings is 1. The van der Waals surface area contributed by atoms with Gasteiger partial charge in [-0.25, -0.2) is 4.39 Å². The molecular formula is C14H21FN2O. The van der Waals surface area contributed by atoms with E-state index >= 15 is 0 Å². The van der Waals surface area contributed by atoms with Crippen molar-refractivity contribution in [2.75, 3.05) is 31.7 Å². The zero-order valence-electron chi connectivity index (χ0n) is 11.1. The Morgan fingerprint density at radius 1 is 1.50 bits per heavy atom. The minimum absolute atomic E-state index is 0.176. The van der Waals surface area contributed by atoms with Crippen molar-refractivity contribution < 1.29 is 9.13 Å². The molecule has 1 heterocycles. The lowest BCUT2D eigenvalue weighted by Gasteiger charge is -2.38. The van der Waals surface area contributed by atoms with Gasteiger partial charge in [-0.15, -0.1) is 0 Å². The number of hydrogen-bond acceptors (Lipinski definition) is 3. The van der Waals surface area contributed by atoms with Crippen molar-refractivity contribution in [2.45, 2.75) is 25.9 Å². The average molecular weight is 252 g/mol. The highest BCUT2D eigenvalue weighted by atomic mass is 19.1. The SMILES string of the molecule is CCC1COCCN1c1ccc(F)cc1CNC. The summed E-state index contributed by atoms with van der Waals surface area (Å²) in [6.07, 6.45) is 1.04. The summed E-state index contributed by atoms with van der Waals surface area (Å²) >= 11 is 0. The number of morpholine rings is 1. The van der Waals surface area contributed by atoms with Gasteiger partial charge in [-0.05, 0) is 37.2 Å². The summed E-state index contributed by atoms with van der Waals surface area (Å²) in [5.41, 5.74) is 2.14. The Morgan fingerprint density at radius 3 is 3.06 bits per heavy atom. The van der Waals surface area contributed by atoms with E-state index in [2.05, 4.69) is 17.1 Å². The summed E-state index contributed by atoms with van der Waals surface area (Å²) in [6, 6.07) is 5.43. The molecule has 0 saturated carbocycles. The monoisotopic (exact) mass is 252 g/mol. The van der Waals surface area contributed by atoms with E-state index in [-0.39, 0.29) is 5.82 Å². The number of halogens is 1. The van der Waals surface area contributed by atoms with Crippen LogP contribution in [-0.2, 0) is 11.3 Å². The number of nitrogens with one attached hydrogen (secondary N) is 1. The fourth-order valence-corrected chi connectivity index (χ4v) is 2.48. The first-order valence-electron chi connectivity index (χ1n) is 6.53. The molecule has 1 atom stereocenters. The van der Waals surface area contributed by atoms with Crippen molar-refractivity contribution >= 4 is 5.69 Å². The van der Waals surface area contributed by atoms with Crippen LogP contribution in [-0.4, -0.2) is 32.8 Å². The molecular weight excluding hydrogens is 231 g/mol. The maximum atomic E-state index is 13.3. The van der Waals surface area contributed by atoms with Crippen molar-refractivity contribution in [1.82, 2.24) is 5.32 Å². The fourth-order valence-electron chi connectivity index (χ4n) is 2.48. The molecule has 0 aromatic heterocycles. The van der Waals surface area contributed by atoms with Crippen LogP contribution in [0.5, 0.6) is 0 Å². The van der Waals surface area contributed by atoms with E-state index in [0.717, 1.165) is 37.4 Å². The number of hydrogen-bond donors (Lipinski definition) is 1. The van der Waals surface area contributed by atoms with Crippen molar-refractivity contribution in [1.29, 1.82) is 0 Å². The van der Waals surface area contributed by atoms with Crippen molar-refractivity contribution in [3.05, 3.63) is 29.6 Å². The smallest absolute Gasteiger partial charge is 0.123 e. The third-order valence-corrected chi connectivity index (χ3v) is 3.42. The maximum absolute atomic E-state index is 13.3. The molecule has 1 aromatic rings. The first-order valence-corrected chi connectivity index (χ1v) is 6.53. The normalized spacial score (nSPS) is 20.2. The third kappa shape index (κ3) is 2.82. The molecule has 0 amide bonds. The molecule has 2 rings (SSSR count). The summed E-state index contributed by atoms with van der Waals surface area (Å²) in [7, 11) is 1.88. The first-order chi connectivity index (χ1) is 8.76. The molecule has 18 heavy (non-hydrogen) atoms. The highest BCUT2D eigenvalue weighted by molar-refractivity contribution is 5.55. The predicted molar refractivity (Wildman–Crippen MR) is 71.4 cm³/mol. The van der Waals surface area contributed by atoms with Crippen LogP contribution in [0.25, 0.3) is 0 Å². The summed E-state index contributed by atoms with van der Waals surface area (Å²) < 4.78 is 18.9. The minimum atomic E-state index is -0.176.